The van der Waals surface area contributed by atoms with Crippen LogP contribution in [-0.2, 0) is 19.1 Å². The van der Waals surface area contributed by atoms with Crippen LogP contribution in [0, 0.1) is 0 Å². The van der Waals surface area contributed by atoms with E-state index in [1.165, 1.54) is 24.0 Å². The van der Waals surface area contributed by atoms with Gasteiger partial charge < -0.3 is 14.8 Å². The van der Waals surface area contributed by atoms with Crippen molar-refractivity contribution < 1.29 is 28.7 Å². The van der Waals surface area contributed by atoms with Crippen molar-refractivity contribution in [3.05, 3.63) is 98.8 Å². The van der Waals surface area contributed by atoms with Crippen LogP contribution in [0.5, 0.6) is 5.75 Å². The second-order valence-electron chi connectivity index (χ2n) is 9.59. The molecule has 0 fully saturated rings. The van der Waals surface area contributed by atoms with Gasteiger partial charge in [0.15, 0.2) is 5.82 Å². The molecule has 1 aliphatic heterocycles. The van der Waals surface area contributed by atoms with Crippen LogP contribution in [-0.4, -0.2) is 51.5 Å². The van der Waals surface area contributed by atoms with E-state index < -0.39 is 29.3 Å². The van der Waals surface area contributed by atoms with Crippen LogP contribution in [0.4, 0.5) is 11.4 Å². The van der Waals surface area contributed by atoms with Gasteiger partial charge >= 0.3 is 11.9 Å². The number of benzene rings is 3. The smallest absolute Gasteiger partial charge is 0.338 e. The third-order valence-corrected chi connectivity index (χ3v) is 7.70. The van der Waals surface area contributed by atoms with Crippen molar-refractivity contribution in [2.24, 2.45) is 0 Å². The molecule has 5 aromatic rings. The Kier molecular flexibility index (Phi) is 7.45. The number of thiazole rings is 1. The molecule has 44 heavy (non-hydrogen) atoms. The van der Waals surface area contributed by atoms with Gasteiger partial charge in [0, 0.05) is 18.2 Å². The molecule has 2 amide bonds. The lowest BCUT2D eigenvalue weighted by molar-refractivity contribution is -0.131. The van der Waals surface area contributed by atoms with Crippen molar-refractivity contribution in [2.75, 3.05) is 23.4 Å². The number of hydrogen-bond donors (Lipinski definition) is 1. The van der Waals surface area contributed by atoms with E-state index in [0.717, 1.165) is 15.9 Å². The SMILES string of the molecule is CCOC(=O)c1ccc(NC(=O)CN2C(=O)/C(=c3\sc4nc(-c5ccccc5OC(C)=O)nn4c3=O)c3ccccc32)cc1. The Labute approximate surface area is 253 Å². The van der Waals surface area contributed by atoms with Crippen molar-refractivity contribution in [3.8, 4) is 17.1 Å². The number of esters is 2. The predicted molar refractivity (Wildman–Crippen MR) is 161 cm³/mol. The first kappa shape index (κ1) is 28.4. The van der Waals surface area contributed by atoms with Gasteiger partial charge in [-0.05, 0) is 49.4 Å². The van der Waals surface area contributed by atoms with E-state index in [1.807, 2.05) is 0 Å². The number of nitrogens with one attached hydrogen (secondary N) is 1. The summed E-state index contributed by atoms with van der Waals surface area (Å²) < 4.78 is 11.5. The standard InChI is InChI=1S/C31H23N5O7S/c1-3-42-30(41)18-12-14-19(15-13-18)32-24(38)16-35-22-10-6-4-8-20(22)25(28(35)39)26-29(40)36-31(44-26)33-27(34-36)21-9-5-7-11-23(21)43-17(2)37/h4-15H,3,16H2,1-2H3,(H,32,38)/b26-25-. The van der Waals surface area contributed by atoms with E-state index in [-0.39, 0.29) is 39.8 Å². The van der Waals surface area contributed by atoms with Crippen LogP contribution in [0.1, 0.15) is 29.8 Å². The van der Waals surface area contributed by atoms with Crippen LogP contribution in [0.3, 0.4) is 0 Å². The summed E-state index contributed by atoms with van der Waals surface area (Å²) in [5.41, 5.74) is 1.81. The molecule has 3 heterocycles. The zero-order chi connectivity index (χ0) is 31.0. The molecule has 0 aliphatic carbocycles. The molecule has 0 saturated carbocycles. The van der Waals surface area contributed by atoms with Crippen LogP contribution >= 0.6 is 11.3 Å². The summed E-state index contributed by atoms with van der Waals surface area (Å²) in [5, 5.41) is 7.08. The van der Waals surface area contributed by atoms with Crippen molar-refractivity contribution >= 4 is 57.0 Å². The molecule has 220 valence electrons. The van der Waals surface area contributed by atoms with Crippen LogP contribution < -0.4 is 25.0 Å². The van der Waals surface area contributed by atoms with E-state index in [9.17, 15) is 24.0 Å². The zero-order valence-electron chi connectivity index (χ0n) is 23.4. The summed E-state index contributed by atoms with van der Waals surface area (Å²) in [6.45, 7) is 2.93. The minimum atomic E-state index is -0.542. The molecule has 13 heteroatoms. The number of anilines is 2. The lowest BCUT2D eigenvalue weighted by Crippen LogP contribution is -2.37. The maximum Gasteiger partial charge on any atom is 0.338 e. The number of hydrogen-bond acceptors (Lipinski definition) is 10. The highest BCUT2D eigenvalue weighted by Gasteiger charge is 2.35. The second-order valence-corrected chi connectivity index (χ2v) is 10.6. The summed E-state index contributed by atoms with van der Waals surface area (Å²) in [5.74, 6) is -1.52. The van der Waals surface area contributed by atoms with Crippen LogP contribution in [0.15, 0.2) is 77.6 Å². The topological polar surface area (TPSA) is 149 Å². The van der Waals surface area contributed by atoms with Crippen molar-refractivity contribution in [1.29, 1.82) is 0 Å². The zero-order valence-corrected chi connectivity index (χ0v) is 24.2. The number of fused-ring (bicyclic) bond motifs is 2. The van der Waals surface area contributed by atoms with Crippen LogP contribution in [0.25, 0.3) is 21.9 Å². The first-order valence-corrected chi connectivity index (χ1v) is 14.3. The number of carbonyl (C=O) groups is 4. The average molecular weight is 610 g/mol. The minimum Gasteiger partial charge on any atom is -0.462 e. The fourth-order valence-electron chi connectivity index (χ4n) is 4.80. The van der Waals surface area contributed by atoms with E-state index in [4.69, 9.17) is 9.47 Å². The maximum atomic E-state index is 13.7. The Hall–Kier alpha value is -5.69. The minimum absolute atomic E-state index is 0.134. The molecular weight excluding hydrogens is 586 g/mol. The lowest BCUT2D eigenvalue weighted by Gasteiger charge is -2.16. The summed E-state index contributed by atoms with van der Waals surface area (Å²) in [6, 6.07) is 19.8. The molecule has 1 N–H and O–H groups in total. The molecule has 0 bridgehead atoms. The summed E-state index contributed by atoms with van der Waals surface area (Å²) in [4.78, 5) is 69.8. The Morgan fingerprint density at radius 3 is 2.34 bits per heavy atom. The first-order valence-electron chi connectivity index (χ1n) is 13.4. The third-order valence-electron chi connectivity index (χ3n) is 6.67. The van der Waals surface area contributed by atoms with Gasteiger partial charge in [-0.15, -0.1) is 5.10 Å². The Morgan fingerprint density at radius 1 is 0.932 bits per heavy atom. The van der Waals surface area contributed by atoms with Gasteiger partial charge in [-0.3, -0.25) is 24.1 Å². The van der Waals surface area contributed by atoms with Crippen molar-refractivity contribution in [1.82, 2.24) is 14.6 Å². The average Bonchev–Trinajstić information content (AvgIpc) is 3.64. The number of rotatable bonds is 7. The maximum absolute atomic E-state index is 13.7. The fourth-order valence-corrected chi connectivity index (χ4v) is 5.80. The quantitative estimate of drug-likeness (QED) is 0.217. The molecule has 0 saturated heterocycles. The summed E-state index contributed by atoms with van der Waals surface area (Å²) in [7, 11) is 0. The molecule has 0 radical (unpaired) electrons. The normalized spacial score (nSPS) is 13.6. The molecule has 0 spiro atoms. The second kappa shape index (κ2) is 11.5. The lowest BCUT2D eigenvalue weighted by atomic mass is 10.1. The Bertz CT molecular complexity index is 2080. The van der Waals surface area contributed by atoms with Crippen molar-refractivity contribution in [3.63, 3.8) is 0 Å². The Balaban J connectivity index is 1.31. The van der Waals surface area contributed by atoms with E-state index >= 15 is 0 Å². The molecule has 0 atom stereocenters. The number of amides is 2. The fraction of sp³-hybridized carbons (Fsp3) is 0.129. The monoisotopic (exact) mass is 609 g/mol. The van der Waals surface area contributed by atoms with Gasteiger partial charge in [0.05, 0.1) is 29.0 Å². The number of para-hydroxylation sites is 2. The molecule has 3 aromatic carbocycles. The van der Waals surface area contributed by atoms with E-state index in [0.29, 0.717) is 28.1 Å². The van der Waals surface area contributed by atoms with Gasteiger partial charge in [-0.25, -0.2) is 4.79 Å². The molecule has 1 aliphatic rings. The number of carbonyl (C=O) groups excluding carboxylic acids is 4. The van der Waals surface area contributed by atoms with Gasteiger partial charge in [0.25, 0.3) is 11.5 Å². The molecule has 2 aromatic heterocycles. The molecular formula is C31H23N5O7S. The third kappa shape index (κ3) is 5.20. The van der Waals surface area contributed by atoms with Gasteiger partial charge in [0.2, 0.25) is 10.9 Å². The predicted octanol–water partition coefficient (Wildman–Crippen LogP) is 2.82. The summed E-state index contributed by atoms with van der Waals surface area (Å²) in [6.07, 6.45) is 0. The highest BCUT2D eigenvalue weighted by molar-refractivity contribution is 7.15. The molecule has 0 unspecified atom stereocenters. The van der Waals surface area contributed by atoms with Crippen molar-refractivity contribution in [2.45, 2.75) is 13.8 Å². The van der Waals surface area contributed by atoms with Gasteiger partial charge in [0.1, 0.15) is 16.8 Å². The molecule has 12 nitrogen and oxygen atoms in total. The highest BCUT2D eigenvalue weighted by atomic mass is 32.1. The van der Waals surface area contributed by atoms with Gasteiger partial charge in [-0.2, -0.15) is 9.50 Å². The van der Waals surface area contributed by atoms with Crippen LogP contribution in [0.2, 0.25) is 0 Å². The highest BCUT2D eigenvalue weighted by Crippen LogP contribution is 2.35. The largest absolute Gasteiger partial charge is 0.462 e. The van der Waals surface area contributed by atoms with E-state index in [1.54, 1.807) is 67.6 Å². The number of ether oxygens (including phenoxy) is 2. The Morgan fingerprint density at radius 2 is 1.64 bits per heavy atom. The molecule has 6 rings (SSSR count). The van der Waals surface area contributed by atoms with Gasteiger partial charge in [-0.1, -0.05) is 41.7 Å². The number of nitrogens with zero attached hydrogens (tertiary/aromatic N) is 4. The number of aromatic nitrogens is 3. The van der Waals surface area contributed by atoms with E-state index in [2.05, 4.69) is 15.4 Å². The summed E-state index contributed by atoms with van der Waals surface area (Å²) >= 11 is 1.00. The first-order chi connectivity index (χ1) is 21.2.